The summed E-state index contributed by atoms with van der Waals surface area (Å²) in [6.07, 6.45) is 1.91. The summed E-state index contributed by atoms with van der Waals surface area (Å²) in [6, 6.07) is 82.7. The van der Waals surface area contributed by atoms with Gasteiger partial charge < -0.3 is 4.74 Å². The number of ether oxygens (including phenoxy) is 1. The molecule has 0 amide bonds. The highest BCUT2D eigenvalue weighted by Crippen LogP contribution is 2.33. The second-order valence-electron chi connectivity index (χ2n) is 22.8. The third-order valence-electron chi connectivity index (χ3n) is 16.3. The first kappa shape index (κ1) is 76.0. The third kappa shape index (κ3) is 19.9. The first-order valence-electron chi connectivity index (χ1n) is 31.1. The number of hydrogen-bond donors (Lipinski definition) is 0. The van der Waals surface area contributed by atoms with Gasteiger partial charge in [-0.25, -0.2) is 32.1 Å². The number of halogens is 4. The molecule has 0 N–H and O–H groups in total. The van der Waals surface area contributed by atoms with Crippen molar-refractivity contribution in [3.63, 3.8) is 0 Å². The van der Waals surface area contributed by atoms with Gasteiger partial charge in [0.25, 0.3) is 0 Å². The lowest BCUT2D eigenvalue weighted by Gasteiger charge is -2.10. The molecule has 0 atom stereocenters. The fourth-order valence-corrected chi connectivity index (χ4v) is 10.8. The largest absolute Gasteiger partial charge is 0.372 e. The molecule has 9 nitrogen and oxygen atoms in total. The summed E-state index contributed by atoms with van der Waals surface area (Å²) in [6.45, 7) is 22.1. The van der Waals surface area contributed by atoms with Gasteiger partial charge in [-0.15, -0.1) is 0 Å². The average molecular weight is 1350 g/mol. The van der Waals surface area contributed by atoms with Crippen LogP contribution >= 0.6 is 0 Å². The predicted octanol–water partition coefficient (Wildman–Crippen LogP) is 24.1. The van der Waals surface area contributed by atoms with Crippen molar-refractivity contribution in [2.75, 3.05) is 0 Å². The molecule has 0 fully saturated rings. The monoisotopic (exact) mass is 1340 g/mol. The number of carbonyl (C=O) groups excluding carboxylic acids is 2. The topological polar surface area (TPSA) is 128 Å². The van der Waals surface area contributed by atoms with Crippen LogP contribution in [-0.4, -0.2) is 11.6 Å². The Bertz CT molecular complexity index is 4940. The zero-order valence-corrected chi connectivity index (χ0v) is 53.1. The molecule has 0 unspecified atom stereocenters. The van der Waals surface area contributed by atoms with E-state index in [1.165, 1.54) is 36.4 Å². The second-order valence-corrected chi connectivity index (χ2v) is 22.8. The maximum absolute atomic E-state index is 14.8. The van der Waals surface area contributed by atoms with Crippen LogP contribution in [0.25, 0.3) is 81.3 Å². The number of hydrogen-bond acceptors (Lipinski definition) is 6. The Morgan fingerprint density at radius 3 is 0.961 bits per heavy atom. The molecular formula is C89H68F4N6O3. The number of benzene rings is 12. The molecule has 0 aliphatic heterocycles. The van der Waals surface area contributed by atoms with Crippen LogP contribution < -0.4 is 0 Å². The van der Waals surface area contributed by atoms with Gasteiger partial charge in [-0.05, 0) is 141 Å². The molecule has 0 heterocycles. The molecule has 0 saturated carbocycles. The molecule has 0 bridgehead atoms. The van der Waals surface area contributed by atoms with Gasteiger partial charge in [-0.2, -0.15) is 15.8 Å². The van der Waals surface area contributed by atoms with E-state index in [1.807, 2.05) is 91.0 Å². The average Bonchev–Trinajstić information content (AvgIpc) is 0.816. The van der Waals surface area contributed by atoms with Gasteiger partial charge >= 0.3 is 0 Å². The van der Waals surface area contributed by atoms with Gasteiger partial charge in [-0.1, -0.05) is 234 Å². The highest BCUT2D eigenvalue weighted by Gasteiger charge is 2.19. The fraction of sp³-hybridized carbons (Fsp3) is 0.101. The number of aryl methyl sites for hydroxylation is 2. The first-order chi connectivity index (χ1) is 48.2. The Morgan fingerprint density at radius 1 is 0.324 bits per heavy atom. The highest BCUT2D eigenvalue weighted by atomic mass is 19.1. The predicted molar refractivity (Wildman–Crippen MR) is 398 cm³/mol. The van der Waals surface area contributed by atoms with E-state index in [9.17, 15) is 27.2 Å². The first-order valence-corrected chi connectivity index (χ1v) is 31.1. The van der Waals surface area contributed by atoms with E-state index < -0.39 is 35.4 Å². The molecule has 12 aromatic carbocycles. The van der Waals surface area contributed by atoms with E-state index in [0.29, 0.717) is 80.3 Å². The van der Waals surface area contributed by atoms with Crippen LogP contribution in [0.1, 0.15) is 94.8 Å². The zero-order chi connectivity index (χ0) is 69.6. The van der Waals surface area contributed by atoms with E-state index in [0.717, 1.165) is 75.9 Å². The lowest BCUT2D eigenvalue weighted by atomic mass is 9.96. The van der Waals surface area contributed by atoms with Crippen molar-refractivity contribution in [2.45, 2.75) is 61.2 Å². The molecule has 0 saturated heterocycles. The smallest absolute Gasteiger partial charge is 0.187 e. The Kier molecular flexibility index (Phi) is 27.4. The summed E-state index contributed by atoms with van der Waals surface area (Å²) in [7, 11) is 0. The number of carbonyl (C=O) groups is 2. The van der Waals surface area contributed by atoms with Crippen LogP contribution in [0.2, 0.25) is 0 Å². The molecule has 0 aliphatic carbocycles. The molecule has 0 aromatic heterocycles. The van der Waals surface area contributed by atoms with Crippen molar-refractivity contribution in [1.29, 1.82) is 15.8 Å². The van der Waals surface area contributed by atoms with Crippen molar-refractivity contribution >= 4 is 28.6 Å². The minimum Gasteiger partial charge on any atom is -0.372 e. The van der Waals surface area contributed by atoms with Gasteiger partial charge in [0.2, 0.25) is 0 Å². The molecule has 13 heteroatoms. The van der Waals surface area contributed by atoms with Crippen LogP contribution in [0.5, 0.6) is 0 Å². The van der Waals surface area contributed by atoms with Gasteiger partial charge in [0.05, 0.1) is 74.2 Å². The van der Waals surface area contributed by atoms with Crippen LogP contribution in [-0.2, 0) is 30.8 Å². The molecule has 500 valence electrons. The molecule has 0 spiro atoms. The molecule has 0 aliphatic rings. The van der Waals surface area contributed by atoms with Crippen molar-refractivity contribution < 1.29 is 31.9 Å². The minimum absolute atomic E-state index is 0. The van der Waals surface area contributed by atoms with Gasteiger partial charge in [0.1, 0.15) is 23.3 Å². The van der Waals surface area contributed by atoms with E-state index in [4.69, 9.17) is 40.2 Å². The van der Waals surface area contributed by atoms with Crippen LogP contribution in [0.4, 0.5) is 34.6 Å². The minimum atomic E-state index is -0.632. The lowest BCUT2D eigenvalue weighted by Crippen LogP contribution is -2.09. The second kappa shape index (κ2) is 36.8. The number of ketones is 2. The van der Waals surface area contributed by atoms with E-state index >= 15 is 0 Å². The Hall–Kier alpha value is -13.4. The molecule has 12 rings (SSSR count). The van der Waals surface area contributed by atoms with Crippen LogP contribution in [0, 0.1) is 77.0 Å². The maximum Gasteiger partial charge on any atom is 0.187 e. The van der Waals surface area contributed by atoms with E-state index in [-0.39, 0.29) is 50.4 Å². The van der Waals surface area contributed by atoms with Crippen molar-refractivity contribution in [1.82, 2.24) is 0 Å². The zero-order valence-electron chi connectivity index (χ0n) is 53.1. The van der Waals surface area contributed by atoms with E-state index in [1.54, 1.807) is 91.0 Å². The molecule has 0 radical (unpaired) electrons. The van der Waals surface area contributed by atoms with Crippen molar-refractivity contribution in [3.8, 4) is 85.0 Å². The SMILES string of the molecule is C.C.C.[C-]#[N+]c1ccc(-c2ccc(C(=O)CC(=O)c3ccc(-c4ccc(C#N)cc4)c(F)c3)cc2F)cc1.[C-]#[N+]c1ccc(-c2ccc(COCc3ccc(-c4ccc(C#N)cc4)cc3)cc2)cc1.[C-]#[N+]c1ccc(CCCc2ccc(-c3ccc(-c4ccc(C#N)cc4)c(F)c3)c(F)c2)cc1. The summed E-state index contributed by atoms with van der Waals surface area (Å²) >= 11 is 0. The summed E-state index contributed by atoms with van der Waals surface area (Å²) in [4.78, 5) is 35.3. The summed E-state index contributed by atoms with van der Waals surface area (Å²) in [5, 5.41) is 26.7. The van der Waals surface area contributed by atoms with Crippen molar-refractivity contribution in [2.24, 2.45) is 0 Å². The maximum atomic E-state index is 14.8. The third-order valence-corrected chi connectivity index (χ3v) is 16.3. The van der Waals surface area contributed by atoms with E-state index in [2.05, 4.69) is 69.1 Å². The number of rotatable bonds is 18. The number of Topliss-reactive ketones (excluding diaryl/α,β-unsaturated/α-hetero) is 2. The number of nitriles is 3. The summed E-state index contributed by atoms with van der Waals surface area (Å²) < 4.78 is 64.9. The molecular weight excluding hydrogens is 1280 g/mol. The van der Waals surface area contributed by atoms with Gasteiger partial charge in [-0.3, -0.25) is 9.59 Å². The fourth-order valence-electron chi connectivity index (χ4n) is 10.8. The van der Waals surface area contributed by atoms with Gasteiger partial charge in [0, 0.05) is 33.4 Å². The van der Waals surface area contributed by atoms with Crippen LogP contribution in [0.15, 0.2) is 267 Å². The standard InChI is InChI=1S/C29H16F2N2O2.C29H20F2N2.C28H20N2O.3CH4/c1-33-23-10-6-20(7-11-23)25-13-9-22(15-27(25)31)29(35)16-28(34)21-8-12-24(26(30)14-21)19-4-2-18(17-32)3-5-19;1-33-25-13-7-20(8-14-25)3-2-4-21-9-15-27(28(30)17-21)24-12-16-26(29(31)18-24)23-10-5-22(19-32)6-11-23;1-30-28-16-14-27(15-17-28)26-12-6-23(7-13-26)20-31-19-22-4-10-25(11-5-22)24-8-2-21(18-29)3-9-24;;;/h2-15H,16H2;5-18H,2-4H2;2-17H,19-20H2;3*1H4. The Morgan fingerprint density at radius 2 is 0.598 bits per heavy atom. The lowest BCUT2D eigenvalue weighted by molar-refractivity contribution is 0.0893. The quantitative estimate of drug-likeness (QED) is 0.0364. The summed E-state index contributed by atoms with van der Waals surface area (Å²) in [5.41, 5.74) is 15.7. The Labute approximate surface area is 593 Å². The normalized spacial score (nSPS) is 10.0. The van der Waals surface area contributed by atoms with Gasteiger partial charge in [0.15, 0.2) is 28.6 Å². The van der Waals surface area contributed by atoms with Crippen molar-refractivity contribution in [3.05, 3.63) is 375 Å². The summed E-state index contributed by atoms with van der Waals surface area (Å²) in [5.74, 6) is -3.24. The molecule has 12 aromatic rings. The van der Waals surface area contributed by atoms with Crippen LogP contribution in [0.3, 0.4) is 0 Å². The Balaban J connectivity index is 0.000000212. The highest BCUT2D eigenvalue weighted by molar-refractivity contribution is 6.13. The number of nitrogens with zero attached hydrogens (tertiary/aromatic N) is 6. The molecule has 102 heavy (non-hydrogen) atoms.